The molecule has 0 unspecified atom stereocenters. The Morgan fingerprint density at radius 1 is 1.07 bits per heavy atom. The summed E-state index contributed by atoms with van der Waals surface area (Å²) in [5.41, 5.74) is 1.86. The minimum atomic E-state index is 0.555. The highest BCUT2D eigenvalue weighted by atomic mass is 16.5. The van der Waals surface area contributed by atoms with Crippen LogP contribution in [0.1, 0.15) is 12.0 Å². The summed E-state index contributed by atoms with van der Waals surface area (Å²) >= 11 is 0. The van der Waals surface area contributed by atoms with Crippen LogP contribution in [0.2, 0.25) is 0 Å². The average molecular weight is 371 g/mol. The summed E-state index contributed by atoms with van der Waals surface area (Å²) in [4.78, 5) is 4.28. The van der Waals surface area contributed by atoms with Gasteiger partial charge in [0.25, 0.3) is 0 Å². The summed E-state index contributed by atoms with van der Waals surface area (Å²) in [6.07, 6.45) is 0.879. The van der Waals surface area contributed by atoms with Crippen LogP contribution in [0, 0.1) is 0 Å². The number of rotatable bonds is 5. The molecule has 1 aliphatic heterocycles. The maximum atomic E-state index is 5.86. The molecule has 2 N–H and O–H groups in total. The first-order chi connectivity index (χ1) is 13.2. The minimum Gasteiger partial charge on any atom is -0.493 e. The van der Waals surface area contributed by atoms with Gasteiger partial charge in [-0.15, -0.1) is 0 Å². The highest BCUT2D eigenvalue weighted by Gasteiger charge is 2.14. The Bertz CT molecular complexity index is 808. The minimum absolute atomic E-state index is 0.555. The smallest absolute Gasteiger partial charge is 0.195 e. The molecule has 27 heavy (non-hydrogen) atoms. The van der Waals surface area contributed by atoms with Crippen LogP contribution in [-0.2, 0) is 6.54 Å². The second kappa shape index (κ2) is 9.02. The number of ether oxygens (including phenoxy) is 4. The summed E-state index contributed by atoms with van der Waals surface area (Å²) in [7, 11) is 4.94. The number of methoxy groups -OCH3 is 2. The fourth-order valence-corrected chi connectivity index (χ4v) is 2.80. The number of benzene rings is 2. The van der Waals surface area contributed by atoms with Crippen molar-refractivity contribution in [3.63, 3.8) is 0 Å². The summed E-state index contributed by atoms with van der Waals surface area (Å²) in [6, 6.07) is 11.5. The first-order valence-corrected chi connectivity index (χ1v) is 8.82. The molecule has 7 heteroatoms. The van der Waals surface area contributed by atoms with Crippen LogP contribution in [0.3, 0.4) is 0 Å². The van der Waals surface area contributed by atoms with Crippen LogP contribution in [0.5, 0.6) is 23.0 Å². The molecule has 144 valence electrons. The maximum Gasteiger partial charge on any atom is 0.195 e. The zero-order valence-corrected chi connectivity index (χ0v) is 15.9. The molecule has 0 amide bonds. The summed E-state index contributed by atoms with van der Waals surface area (Å²) in [5, 5.41) is 6.55. The van der Waals surface area contributed by atoms with E-state index in [2.05, 4.69) is 15.6 Å². The zero-order valence-electron chi connectivity index (χ0n) is 15.9. The van der Waals surface area contributed by atoms with E-state index in [9.17, 15) is 0 Å². The van der Waals surface area contributed by atoms with Crippen LogP contribution in [0.15, 0.2) is 41.4 Å². The molecule has 1 aliphatic rings. The van der Waals surface area contributed by atoms with Gasteiger partial charge < -0.3 is 29.6 Å². The van der Waals surface area contributed by atoms with Gasteiger partial charge in [0.05, 0.1) is 27.4 Å². The van der Waals surface area contributed by atoms with E-state index < -0.39 is 0 Å². The monoisotopic (exact) mass is 371 g/mol. The van der Waals surface area contributed by atoms with Gasteiger partial charge in [0, 0.05) is 37.3 Å². The molecule has 0 radical (unpaired) electrons. The van der Waals surface area contributed by atoms with Crippen molar-refractivity contribution in [2.45, 2.75) is 13.0 Å². The van der Waals surface area contributed by atoms with Gasteiger partial charge in [-0.05, 0) is 18.2 Å². The van der Waals surface area contributed by atoms with Gasteiger partial charge in [-0.25, -0.2) is 0 Å². The predicted molar refractivity (Wildman–Crippen MR) is 105 cm³/mol. The Kier molecular flexibility index (Phi) is 6.25. The van der Waals surface area contributed by atoms with E-state index in [0.717, 1.165) is 29.2 Å². The molecule has 0 bridgehead atoms. The van der Waals surface area contributed by atoms with Crippen molar-refractivity contribution in [3.05, 3.63) is 42.0 Å². The molecule has 0 aromatic heterocycles. The molecule has 0 fully saturated rings. The Labute approximate surface area is 159 Å². The van der Waals surface area contributed by atoms with Gasteiger partial charge in [0.2, 0.25) is 0 Å². The summed E-state index contributed by atoms with van der Waals surface area (Å²) in [6.45, 7) is 1.88. The molecule has 3 rings (SSSR count). The molecule has 0 spiro atoms. The maximum absolute atomic E-state index is 5.86. The quantitative estimate of drug-likeness (QED) is 0.622. The van der Waals surface area contributed by atoms with Gasteiger partial charge in [0.1, 0.15) is 0 Å². The Morgan fingerprint density at radius 3 is 2.67 bits per heavy atom. The van der Waals surface area contributed by atoms with Crippen LogP contribution < -0.4 is 29.6 Å². The van der Waals surface area contributed by atoms with Crippen molar-refractivity contribution in [1.82, 2.24) is 5.32 Å². The normalized spacial score (nSPS) is 13.5. The molecule has 0 saturated heterocycles. The molecule has 0 aliphatic carbocycles. The van der Waals surface area contributed by atoms with Crippen molar-refractivity contribution in [2.24, 2.45) is 4.99 Å². The average Bonchev–Trinajstić information content (AvgIpc) is 2.96. The molecule has 7 nitrogen and oxygen atoms in total. The molecular weight excluding hydrogens is 346 g/mol. The van der Waals surface area contributed by atoms with Crippen molar-refractivity contribution >= 4 is 11.6 Å². The molecule has 2 aromatic rings. The third-order valence-electron chi connectivity index (χ3n) is 4.17. The number of guanidine groups is 1. The lowest BCUT2D eigenvalue weighted by molar-refractivity contribution is 0.296. The van der Waals surface area contributed by atoms with Crippen LogP contribution in [0.25, 0.3) is 0 Å². The predicted octanol–water partition coefficient (Wildman–Crippen LogP) is 3.05. The van der Waals surface area contributed by atoms with Gasteiger partial charge in [-0.2, -0.15) is 0 Å². The molecular formula is C20H25N3O4. The summed E-state index contributed by atoms with van der Waals surface area (Å²) in [5.74, 6) is 3.54. The number of nitrogens with zero attached hydrogens (tertiary/aromatic N) is 1. The highest BCUT2D eigenvalue weighted by Crippen LogP contribution is 2.33. The topological polar surface area (TPSA) is 73.3 Å². The van der Waals surface area contributed by atoms with E-state index in [0.29, 0.717) is 37.2 Å². The molecule has 0 saturated carbocycles. The van der Waals surface area contributed by atoms with Gasteiger partial charge in [-0.3, -0.25) is 4.99 Å². The largest absolute Gasteiger partial charge is 0.493 e. The fraction of sp³-hybridized carbons (Fsp3) is 0.350. The Hall–Kier alpha value is -3.09. The number of aliphatic imine (C=N–C) groups is 1. The van der Waals surface area contributed by atoms with Crippen LogP contribution in [-0.4, -0.2) is 40.4 Å². The first-order valence-electron chi connectivity index (χ1n) is 8.82. The van der Waals surface area contributed by atoms with Crippen molar-refractivity contribution in [2.75, 3.05) is 39.8 Å². The van der Waals surface area contributed by atoms with Crippen LogP contribution >= 0.6 is 0 Å². The number of hydrogen-bond donors (Lipinski definition) is 2. The van der Waals surface area contributed by atoms with E-state index in [4.69, 9.17) is 18.9 Å². The van der Waals surface area contributed by atoms with Crippen molar-refractivity contribution in [1.29, 1.82) is 0 Å². The number of hydrogen-bond acceptors (Lipinski definition) is 5. The second-order valence-electron chi connectivity index (χ2n) is 5.92. The standard InChI is InChI=1S/C20H25N3O4/c1-21-20(23-15-8-9-16(24-2)18(12-15)25-3)22-13-14-6-4-7-17-19(14)27-11-5-10-26-17/h4,6-9,12H,5,10-11,13H2,1-3H3,(H2,21,22,23). The molecule has 1 heterocycles. The lowest BCUT2D eigenvalue weighted by atomic mass is 10.2. The van der Waals surface area contributed by atoms with Crippen molar-refractivity contribution in [3.8, 4) is 23.0 Å². The first kappa shape index (κ1) is 18.7. The van der Waals surface area contributed by atoms with E-state index in [1.54, 1.807) is 21.3 Å². The zero-order chi connectivity index (χ0) is 19.1. The van der Waals surface area contributed by atoms with Gasteiger partial charge in [0.15, 0.2) is 29.0 Å². The fourth-order valence-electron chi connectivity index (χ4n) is 2.80. The van der Waals surface area contributed by atoms with Crippen LogP contribution in [0.4, 0.5) is 5.69 Å². The van der Waals surface area contributed by atoms with E-state index >= 15 is 0 Å². The van der Waals surface area contributed by atoms with Gasteiger partial charge >= 0.3 is 0 Å². The van der Waals surface area contributed by atoms with E-state index in [1.807, 2.05) is 36.4 Å². The number of fused-ring (bicyclic) bond motifs is 1. The van der Waals surface area contributed by atoms with E-state index in [-0.39, 0.29) is 0 Å². The second-order valence-corrected chi connectivity index (χ2v) is 5.92. The molecule has 0 atom stereocenters. The summed E-state index contributed by atoms with van der Waals surface area (Å²) < 4.78 is 22.2. The highest BCUT2D eigenvalue weighted by molar-refractivity contribution is 5.93. The third kappa shape index (κ3) is 4.55. The SMILES string of the molecule is CN=C(NCc1cccc2c1OCCCO2)Nc1ccc(OC)c(OC)c1. The Balaban J connectivity index is 1.68. The number of nitrogens with one attached hydrogen (secondary N) is 2. The number of para-hydroxylation sites is 1. The molecule has 2 aromatic carbocycles. The van der Waals surface area contributed by atoms with Gasteiger partial charge in [-0.1, -0.05) is 12.1 Å². The third-order valence-corrected chi connectivity index (χ3v) is 4.17. The van der Waals surface area contributed by atoms with E-state index in [1.165, 1.54) is 0 Å². The Morgan fingerprint density at radius 2 is 1.89 bits per heavy atom. The lowest BCUT2D eigenvalue weighted by Gasteiger charge is -2.16. The van der Waals surface area contributed by atoms with Crippen molar-refractivity contribution < 1.29 is 18.9 Å². The number of anilines is 1. The lowest BCUT2D eigenvalue weighted by Crippen LogP contribution is -2.30.